The molecule has 6 heteroatoms. The molecule has 0 bridgehead atoms. The van der Waals surface area contributed by atoms with Crippen molar-refractivity contribution in [2.45, 2.75) is 31.3 Å². The molecule has 0 aliphatic carbocycles. The molecule has 3 heterocycles. The van der Waals surface area contributed by atoms with E-state index in [-0.39, 0.29) is 6.10 Å². The summed E-state index contributed by atoms with van der Waals surface area (Å²) < 4.78 is 22.4. The van der Waals surface area contributed by atoms with Crippen LogP contribution in [0.1, 0.15) is 24.4 Å². The molecule has 1 atom stereocenters. The largest absolute Gasteiger partial charge is 0.449 e. The van der Waals surface area contributed by atoms with E-state index in [1.54, 1.807) is 12.1 Å². The van der Waals surface area contributed by atoms with Gasteiger partial charge in [-0.15, -0.1) is 0 Å². The fourth-order valence-electron chi connectivity index (χ4n) is 2.55. The maximum atomic E-state index is 8.68. The van der Waals surface area contributed by atoms with Gasteiger partial charge < -0.3 is 23.9 Å². The van der Waals surface area contributed by atoms with E-state index in [2.05, 4.69) is 5.32 Å². The highest BCUT2D eigenvalue weighted by Gasteiger charge is 2.42. The van der Waals surface area contributed by atoms with Gasteiger partial charge >= 0.3 is 0 Å². The molecule has 2 aliphatic rings. The van der Waals surface area contributed by atoms with Gasteiger partial charge in [-0.25, -0.2) is 0 Å². The standard InChI is InChI=1S/C14H18N2O4/c15-7-11-1-2-12(19-11)8-16-9-13-10-18-14(20-13)3-5-17-6-4-14/h1-2,13,16H,3-6,8-10H2/t13-/m1/s1. The van der Waals surface area contributed by atoms with Crippen LogP contribution in [0.5, 0.6) is 0 Å². The van der Waals surface area contributed by atoms with Crippen molar-refractivity contribution in [2.75, 3.05) is 26.4 Å². The van der Waals surface area contributed by atoms with E-state index in [4.69, 9.17) is 23.9 Å². The fourth-order valence-corrected chi connectivity index (χ4v) is 2.55. The molecule has 0 aromatic carbocycles. The molecule has 108 valence electrons. The lowest BCUT2D eigenvalue weighted by molar-refractivity contribution is -0.210. The first kappa shape index (κ1) is 13.6. The fraction of sp³-hybridized carbons (Fsp3) is 0.643. The SMILES string of the molecule is N#Cc1ccc(CNC[C@@H]2COC3(CCOCC3)O2)o1. The number of furan rings is 1. The second-order valence-electron chi connectivity index (χ2n) is 5.08. The summed E-state index contributed by atoms with van der Waals surface area (Å²) in [6, 6.07) is 5.44. The summed E-state index contributed by atoms with van der Waals surface area (Å²) >= 11 is 0. The van der Waals surface area contributed by atoms with Crippen molar-refractivity contribution in [2.24, 2.45) is 0 Å². The summed E-state index contributed by atoms with van der Waals surface area (Å²) in [5.41, 5.74) is 0. The Hall–Kier alpha value is -1.39. The van der Waals surface area contributed by atoms with Gasteiger partial charge in [0.1, 0.15) is 11.8 Å². The van der Waals surface area contributed by atoms with Crippen molar-refractivity contribution in [3.8, 4) is 6.07 Å². The molecule has 1 N–H and O–H groups in total. The molecule has 0 unspecified atom stereocenters. The third kappa shape index (κ3) is 3.02. The molecule has 1 spiro atoms. The van der Waals surface area contributed by atoms with Crippen molar-refractivity contribution >= 4 is 0 Å². The molecular weight excluding hydrogens is 260 g/mol. The molecule has 1 aromatic heterocycles. The van der Waals surface area contributed by atoms with Crippen LogP contribution < -0.4 is 5.32 Å². The zero-order valence-electron chi connectivity index (χ0n) is 11.3. The third-order valence-electron chi connectivity index (χ3n) is 3.61. The van der Waals surface area contributed by atoms with Crippen molar-refractivity contribution in [1.29, 1.82) is 5.26 Å². The topological polar surface area (TPSA) is 76.7 Å². The maximum absolute atomic E-state index is 8.68. The lowest BCUT2D eigenvalue weighted by Gasteiger charge is -2.31. The lowest BCUT2D eigenvalue weighted by atomic mass is 10.1. The van der Waals surface area contributed by atoms with Crippen molar-refractivity contribution in [1.82, 2.24) is 5.32 Å². The predicted molar refractivity (Wildman–Crippen MR) is 68.7 cm³/mol. The maximum Gasteiger partial charge on any atom is 0.203 e. The van der Waals surface area contributed by atoms with E-state index in [0.29, 0.717) is 38.7 Å². The first-order valence-electron chi connectivity index (χ1n) is 6.89. The van der Waals surface area contributed by atoms with Gasteiger partial charge in [0.05, 0.1) is 32.5 Å². The van der Waals surface area contributed by atoms with E-state index in [9.17, 15) is 0 Å². The average Bonchev–Trinajstić information content (AvgIpc) is 3.08. The third-order valence-corrected chi connectivity index (χ3v) is 3.61. The number of nitrogens with one attached hydrogen (secondary N) is 1. The number of nitriles is 1. The van der Waals surface area contributed by atoms with Crippen molar-refractivity contribution in [3.05, 3.63) is 23.7 Å². The molecule has 20 heavy (non-hydrogen) atoms. The quantitative estimate of drug-likeness (QED) is 0.890. The van der Waals surface area contributed by atoms with Crippen LogP contribution in [0.25, 0.3) is 0 Å². The van der Waals surface area contributed by atoms with Crippen LogP contribution in [0.3, 0.4) is 0 Å². The molecule has 0 amide bonds. The minimum atomic E-state index is -0.427. The molecule has 0 radical (unpaired) electrons. The highest BCUT2D eigenvalue weighted by atomic mass is 16.7. The van der Waals surface area contributed by atoms with Gasteiger partial charge in [0, 0.05) is 19.4 Å². The Kier molecular flexibility index (Phi) is 4.03. The lowest BCUT2D eigenvalue weighted by Crippen LogP contribution is -2.39. The van der Waals surface area contributed by atoms with Crippen LogP contribution in [-0.4, -0.2) is 38.3 Å². The Bertz CT molecular complexity index is 488. The molecule has 2 aliphatic heterocycles. The van der Waals surface area contributed by atoms with E-state index in [0.717, 1.165) is 18.6 Å². The summed E-state index contributed by atoms with van der Waals surface area (Å²) in [5, 5.41) is 11.9. The van der Waals surface area contributed by atoms with Gasteiger partial charge in [-0.1, -0.05) is 0 Å². The number of hydrogen-bond acceptors (Lipinski definition) is 6. The second-order valence-corrected chi connectivity index (χ2v) is 5.08. The van der Waals surface area contributed by atoms with E-state index >= 15 is 0 Å². The summed E-state index contributed by atoms with van der Waals surface area (Å²) in [7, 11) is 0. The van der Waals surface area contributed by atoms with Gasteiger partial charge in [-0.05, 0) is 12.1 Å². The first-order chi connectivity index (χ1) is 9.80. The van der Waals surface area contributed by atoms with Crippen LogP contribution in [0, 0.1) is 11.3 Å². The number of hydrogen-bond donors (Lipinski definition) is 1. The minimum absolute atomic E-state index is 0.0542. The Morgan fingerprint density at radius 1 is 1.35 bits per heavy atom. The smallest absolute Gasteiger partial charge is 0.203 e. The minimum Gasteiger partial charge on any atom is -0.449 e. The number of ether oxygens (including phenoxy) is 3. The summed E-state index contributed by atoms with van der Waals surface area (Å²) in [6.07, 6.45) is 1.65. The van der Waals surface area contributed by atoms with Gasteiger partial charge in [0.2, 0.25) is 5.76 Å². The summed E-state index contributed by atoms with van der Waals surface area (Å²) in [4.78, 5) is 0. The van der Waals surface area contributed by atoms with Crippen LogP contribution in [0.2, 0.25) is 0 Å². The summed E-state index contributed by atoms with van der Waals surface area (Å²) in [6.45, 7) is 3.28. The van der Waals surface area contributed by atoms with Gasteiger partial charge in [0.15, 0.2) is 5.79 Å². The Morgan fingerprint density at radius 3 is 2.95 bits per heavy atom. The zero-order chi connectivity index (χ0) is 13.8. The Morgan fingerprint density at radius 2 is 2.20 bits per heavy atom. The number of rotatable bonds is 4. The predicted octanol–water partition coefficient (Wildman–Crippen LogP) is 1.16. The molecule has 0 saturated carbocycles. The Labute approximate surface area is 117 Å². The molecular formula is C14H18N2O4. The van der Waals surface area contributed by atoms with Crippen LogP contribution >= 0.6 is 0 Å². The van der Waals surface area contributed by atoms with Gasteiger partial charge in [-0.2, -0.15) is 5.26 Å². The van der Waals surface area contributed by atoms with Crippen LogP contribution in [0.4, 0.5) is 0 Å². The average molecular weight is 278 g/mol. The second kappa shape index (κ2) is 5.94. The molecule has 1 aromatic rings. The van der Waals surface area contributed by atoms with E-state index in [1.807, 2.05) is 6.07 Å². The normalized spacial score (nSPS) is 24.9. The molecule has 2 fully saturated rings. The number of nitrogens with zero attached hydrogens (tertiary/aromatic N) is 1. The van der Waals surface area contributed by atoms with Gasteiger partial charge in [0.25, 0.3) is 0 Å². The highest BCUT2D eigenvalue weighted by Crippen LogP contribution is 2.32. The van der Waals surface area contributed by atoms with Crippen molar-refractivity contribution < 1.29 is 18.6 Å². The summed E-state index contributed by atoms with van der Waals surface area (Å²) in [5.74, 6) is 0.660. The Balaban J connectivity index is 1.42. The first-order valence-corrected chi connectivity index (χ1v) is 6.89. The molecule has 6 nitrogen and oxygen atoms in total. The van der Waals surface area contributed by atoms with Crippen LogP contribution in [-0.2, 0) is 20.8 Å². The van der Waals surface area contributed by atoms with Crippen molar-refractivity contribution in [3.63, 3.8) is 0 Å². The monoisotopic (exact) mass is 278 g/mol. The van der Waals surface area contributed by atoms with Crippen LogP contribution in [0.15, 0.2) is 16.5 Å². The molecule has 2 saturated heterocycles. The molecule has 3 rings (SSSR count). The van der Waals surface area contributed by atoms with E-state index < -0.39 is 5.79 Å². The highest BCUT2D eigenvalue weighted by molar-refractivity contribution is 5.18. The van der Waals surface area contributed by atoms with E-state index in [1.165, 1.54) is 0 Å². The zero-order valence-corrected chi connectivity index (χ0v) is 11.3. The van der Waals surface area contributed by atoms with Gasteiger partial charge in [-0.3, -0.25) is 0 Å².